The molecule has 1 aliphatic carbocycles. The van der Waals surface area contributed by atoms with Crippen LogP contribution in [0.25, 0.3) is 17.2 Å². The summed E-state index contributed by atoms with van der Waals surface area (Å²) in [6.45, 7) is 3.41. The van der Waals surface area contributed by atoms with Crippen LogP contribution in [-0.2, 0) is 28.9 Å². The van der Waals surface area contributed by atoms with E-state index in [9.17, 15) is 9.59 Å². The van der Waals surface area contributed by atoms with Crippen molar-refractivity contribution in [2.75, 3.05) is 13.2 Å². The minimum absolute atomic E-state index is 0.0925. The van der Waals surface area contributed by atoms with E-state index >= 15 is 0 Å². The van der Waals surface area contributed by atoms with E-state index in [1.165, 1.54) is 4.52 Å². The Morgan fingerprint density at radius 3 is 2.83 bits per heavy atom. The van der Waals surface area contributed by atoms with Crippen LogP contribution in [0.4, 0.5) is 0 Å². The van der Waals surface area contributed by atoms with E-state index in [1.54, 1.807) is 0 Å². The number of aromatic nitrogens is 4. The molecule has 3 heterocycles. The lowest BCUT2D eigenvalue weighted by Gasteiger charge is -2.15. The largest absolute Gasteiger partial charge is 0.376 e. The average Bonchev–Trinajstić information content (AvgIpc) is 3.50. The van der Waals surface area contributed by atoms with Gasteiger partial charge in [0.1, 0.15) is 6.54 Å². The molecule has 30 heavy (non-hydrogen) atoms. The fourth-order valence-corrected chi connectivity index (χ4v) is 4.34. The van der Waals surface area contributed by atoms with Gasteiger partial charge in [-0.25, -0.2) is 0 Å². The van der Waals surface area contributed by atoms with E-state index in [1.807, 2.05) is 35.8 Å². The number of nitrogens with zero attached hydrogens (tertiary/aromatic N) is 4. The molecule has 0 radical (unpaired) electrons. The molecule has 5 rings (SSSR count). The van der Waals surface area contributed by atoms with Crippen molar-refractivity contribution in [3.05, 3.63) is 51.4 Å². The van der Waals surface area contributed by atoms with Crippen LogP contribution in [0, 0.1) is 6.92 Å². The predicted molar refractivity (Wildman–Crippen MR) is 111 cm³/mol. The highest BCUT2D eigenvalue weighted by Gasteiger charge is 2.25. The molecule has 3 aromatic rings. The smallest absolute Gasteiger partial charge is 0.279 e. The van der Waals surface area contributed by atoms with Gasteiger partial charge in [0.15, 0.2) is 5.82 Å². The predicted octanol–water partition coefficient (Wildman–Crippen LogP) is 1.65. The van der Waals surface area contributed by atoms with Crippen molar-refractivity contribution in [1.29, 1.82) is 0 Å². The molecule has 0 unspecified atom stereocenters. The lowest BCUT2D eigenvalue weighted by atomic mass is 10.1. The number of aryl methyl sites for hydroxylation is 1. The molecule has 0 bridgehead atoms. The first-order valence-electron chi connectivity index (χ1n) is 10.6. The van der Waals surface area contributed by atoms with Gasteiger partial charge in [-0.15, -0.1) is 5.10 Å². The molecular weight excluding hydrogens is 382 g/mol. The molecule has 1 fully saturated rings. The summed E-state index contributed by atoms with van der Waals surface area (Å²) in [7, 11) is 0. The van der Waals surface area contributed by atoms with E-state index < -0.39 is 0 Å². The van der Waals surface area contributed by atoms with E-state index in [2.05, 4.69) is 15.4 Å². The summed E-state index contributed by atoms with van der Waals surface area (Å²) in [6.07, 6.45) is 4.49. The molecule has 0 saturated carbocycles. The van der Waals surface area contributed by atoms with Crippen LogP contribution in [0.1, 0.15) is 36.1 Å². The number of rotatable bonds is 5. The quantitative estimate of drug-likeness (QED) is 0.695. The standard InChI is InChI=1S/C22H25N5O3/c1-14-7-9-15(10-8-14)20-24-22-26(13-19(28)23-12-16-4-3-11-30-16)18-6-2-5-17(18)21(29)27(22)25-20/h7-10,16H,2-6,11-13H2,1H3,(H,23,28)/t16-/m0/s1. The normalized spacial score (nSPS) is 18.1. The highest BCUT2D eigenvalue weighted by Crippen LogP contribution is 2.22. The maximum atomic E-state index is 13.0. The fourth-order valence-electron chi connectivity index (χ4n) is 4.34. The van der Waals surface area contributed by atoms with Crippen LogP contribution < -0.4 is 10.9 Å². The van der Waals surface area contributed by atoms with Gasteiger partial charge in [-0.1, -0.05) is 29.8 Å². The third kappa shape index (κ3) is 3.41. The van der Waals surface area contributed by atoms with Gasteiger partial charge >= 0.3 is 0 Å². The summed E-state index contributed by atoms with van der Waals surface area (Å²) in [5, 5.41) is 7.46. The first kappa shape index (κ1) is 19.0. The Kier molecular flexibility index (Phi) is 4.86. The van der Waals surface area contributed by atoms with Crippen LogP contribution in [0.15, 0.2) is 29.1 Å². The van der Waals surface area contributed by atoms with Gasteiger partial charge in [0.05, 0.1) is 6.10 Å². The summed E-state index contributed by atoms with van der Waals surface area (Å²) < 4.78 is 8.80. The lowest BCUT2D eigenvalue weighted by Crippen LogP contribution is -2.35. The topological polar surface area (TPSA) is 90.5 Å². The zero-order chi connectivity index (χ0) is 20.7. The maximum Gasteiger partial charge on any atom is 0.279 e. The Balaban J connectivity index is 1.51. The number of amides is 1. The van der Waals surface area contributed by atoms with Crippen molar-refractivity contribution in [1.82, 2.24) is 24.5 Å². The number of hydrogen-bond acceptors (Lipinski definition) is 5. The zero-order valence-corrected chi connectivity index (χ0v) is 17.1. The highest BCUT2D eigenvalue weighted by atomic mass is 16.5. The molecule has 1 saturated heterocycles. The molecule has 2 aromatic heterocycles. The molecular formula is C22H25N5O3. The van der Waals surface area contributed by atoms with Crippen LogP contribution in [0.5, 0.6) is 0 Å². The molecule has 1 aliphatic heterocycles. The molecule has 8 nitrogen and oxygen atoms in total. The third-order valence-electron chi connectivity index (χ3n) is 5.96. The fraction of sp³-hybridized carbons (Fsp3) is 0.455. The van der Waals surface area contributed by atoms with Crippen molar-refractivity contribution < 1.29 is 9.53 Å². The number of nitrogens with one attached hydrogen (secondary N) is 1. The molecule has 1 aromatic carbocycles. The second kappa shape index (κ2) is 7.68. The zero-order valence-electron chi connectivity index (χ0n) is 17.1. The van der Waals surface area contributed by atoms with Gasteiger partial charge in [-0.3, -0.25) is 9.59 Å². The molecule has 0 spiro atoms. The second-order valence-corrected chi connectivity index (χ2v) is 8.12. The molecule has 2 aliphatic rings. The van der Waals surface area contributed by atoms with Crippen molar-refractivity contribution >= 4 is 11.7 Å². The second-order valence-electron chi connectivity index (χ2n) is 8.12. The molecule has 1 N–H and O–H groups in total. The minimum Gasteiger partial charge on any atom is -0.376 e. The van der Waals surface area contributed by atoms with Crippen molar-refractivity contribution in [3.63, 3.8) is 0 Å². The van der Waals surface area contributed by atoms with Crippen LogP contribution in [0.3, 0.4) is 0 Å². The van der Waals surface area contributed by atoms with Gasteiger partial charge in [-0.2, -0.15) is 9.50 Å². The number of benzene rings is 1. The SMILES string of the molecule is Cc1ccc(-c2nc3n(CC(=O)NC[C@@H]4CCCO4)c4c(c(=O)n3n2)CCC4)cc1. The van der Waals surface area contributed by atoms with Crippen LogP contribution in [-0.4, -0.2) is 44.3 Å². The molecule has 8 heteroatoms. The van der Waals surface area contributed by atoms with Gasteiger partial charge < -0.3 is 14.6 Å². The summed E-state index contributed by atoms with van der Waals surface area (Å²) in [5.74, 6) is 0.804. The van der Waals surface area contributed by atoms with E-state index in [4.69, 9.17) is 4.74 Å². The van der Waals surface area contributed by atoms with Crippen molar-refractivity contribution in [2.24, 2.45) is 0 Å². The minimum atomic E-state index is -0.126. The average molecular weight is 407 g/mol. The highest BCUT2D eigenvalue weighted by molar-refractivity contribution is 5.76. The summed E-state index contributed by atoms with van der Waals surface area (Å²) >= 11 is 0. The molecule has 1 amide bonds. The van der Waals surface area contributed by atoms with Crippen molar-refractivity contribution in [2.45, 2.75) is 51.7 Å². The van der Waals surface area contributed by atoms with Gasteiger partial charge in [0.25, 0.3) is 5.56 Å². The number of carbonyl (C=O) groups excluding carboxylic acids is 1. The Hall–Kier alpha value is -3.00. The summed E-state index contributed by atoms with van der Waals surface area (Å²) in [5.41, 5.74) is 3.51. The van der Waals surface area contributed by atoms with E-state index in [0.29, 0.717) is 24.6 Å². The van der Waals surface area contributed by atoms with E-state index in [-0.39, 0.29) is 24.1 Å². The van der Waals surface area contributed by atoms with Crippen LogP contribution in [0.2, 0.25) is 0 Å². The number of carbonyl (C=O) groups is 1. The Labute approximate surface area is 173 Å². The summed E-state index contributed by atoms with van der Waals surface area (Å²) in [4.78, 5) is 30.3. The number of hydrogen-bond donors (Lipinski definition) is 1. The first-order valence-corrected chi connectivity index (χ1v) is 10.6. The van der Waals surface area contributed by atoms with Crippen LogP contribution >= 0.6 is 0 Å². The Morgan fingerprint density at radius 2 is 2.07 bits per heavy atom. The number of ether oxygens (including phenoxy) is 1. The van der Waals surface area contributed by atoms with Gasteiger partial charge in [0.2, 0.25) is 11.7 Å². The molecule has 1 atom stereocenters. The maximum absolute atomic E-state index is 13.0. The lowest BCUT2D eigenvalue weighted by molar-refractivity contribution is -0.122. The molecule has 156 valence electrons. The number of fused-ring (bicyclic) bond motifs is 2. The van der Waals surface area contributed by atoms with Crippen molar-refractivity contribution in [3.8, 4) is 11.4 Å². The van der Waals surface area contributed by atoms with Gasteiger partial charge in [-0.05, 0) is 39.0 Å². The van der Waals surface area contributed by atoms with Gasteiger partial charge in [0, 0.05) is 30.0 Å². The third-order valence-corrected chi connectivity index (χ3v) is 5.96. The first-order chi connectivity index (χ1) is 14.6. The summed E-state index contributed by atoms with van der Waals surface area (Å²) in [6, 6.07) is 7.87. The Bertz CT molecular complexity index is 1160. The monoisotopic (exact) mass is 407 g/mol. The Morgan fingerprint density at radius 1 is 1.23 bits per heavy atom. The van der Waals surface area contributed by atoms with E-state index in [0.717, 1.165) is 54.7 Å².